The fourth-order valence-electron chi connectivity index (χ4n) is 3.75. The van der Waals surface area contributed by atoms with Gasteiger partial charge < -0.3 is 54.9 Å². The molecule has 2 aliphatic rings. The molecule has 1 aromatic rings. The highest BCUT2D eigenvalue weighted by atomic mass is 16.7. The minimum atomic E-state index is -1.63. The molecule has 0 aromatic heterocycles. The quantitative estimate of drug-likeness (QED) is 0.203. The minimum Gasteiger partial charge on any atom is -0.394 e. The van der Waals surface area contributed by atoms with E-state index in [0.717, 1.165) is 5.56 Å². The maximum atomic E-state index is 11.6. The highest BCUT2D eigenvalue weighted by molar-refractivity contribution is 5.73. The van der Waals surface area contributed by atoms with Crippen molar-refractivity contribution >= 4 is 5.91 Å². The molecule has 3 rings (SSSR count). The summed E-state index contributed by atoms with van der Waals surface area (Å²) >= 11 is 0. The zero-order valence-electron chi connectivity index (χ0n) is 18.0. The number of aliphatic hydroxyl groups is 6. The van der Waals surface area contributed by atoms with Crippen molar-refractivity contribution in [1.82, 2.24) is 5.32 Å². The van der Waals surface area contributed by atoms with Crippen LogP contribution in [-0.2, 0) is 30.3 Å². The Labute approximate surface area is 190 Å². The summed E-state index contributed by atoms with van der Waals surface area (Å²) < 4.78 is 22.2. The fraction of sp³-hybridized carbons (Fsp3) is 0.667. The van der Waals surface area contributed by atoms with Crippen molar-refractivity contribution in [3.63, 3.8) is 0 Å². The van der Waals surface area contributed by atoms with Crippen molar-refractivity contribution in [3.8, 4) is 0 Å². The summed E-state index contributed by atoms with van der Waals surface area (Å²) in [5.74, 6) is -0.459. The Morgan fingerprint density at radius 3 is 2.15 bits per heavy atom. The molecule has 0 bridgehead atoms. The number of carbonyl (C=O) groups is 1. The summed E-state index contributed by atoms with van der Waals surface area (Å²) in [5.41, 5.74) is 0.817. The van der Waals surface area contributed by atoms with Crippen LogP contribution >= 0.6 is 0 Å². The molecule has 2 heterocycles. The number of benzene rings is 1. The van der Waals surface area contributed by atoms with Crippen LogP contribution in [0.3, 0.4) is 0 Å². The van der Waals surface area contributed by atoms with Gasteiger partial charge in [-0.05, 0) is 5.56 Å². The van der Waals surface area contributed by atoms with E-state index in [-0.39, 0.29) is 6.61 Å². The molecule has 2 fully saturated rings. The number of hydrogen-bond donors (Lipinski definition) is 7. The Bertz CT molecular complexity index is 751. The van der Waals surface area contributed by atoms with Gasteiger partial charge in [-0.1, -0.05) is 30.3 Å². The zero-order chi connectivity index (χ0) is 24.1. The van der Waals surface area contributed by atoms with Crippen LogP contribution in [0.1, 0.15) is 12.5 Å². The molecule has 0 unspecified atom stereocenters. The third kappa shape index (κ3) is 6.25. The van der Waals surface area contributed by atoms with Crippen molar-refractivity contribution in [2.45, 2.75) is 74.9 Å². The molecule has 33 heavy (non-hydrogen) atoms. The van der Waals surface area contributed by atoms with Crippen molar-refractivity contribution < 1.29 is 54.4 Å². The van der Waals surface area contributed by atoms with Crippen LogP contribution in [0, 0.1) is 0 Å². The topological polar surface area (TPSA) is 187 Å². The third-order valence-corrected chi connectivity index (χ3v) is 5.60. The molecule has 2 aliphatic heterocycles. The van der Waals surface area contributed by atoms with Crippen molar-refractivity contribution in [2.24, 2.45) is 0 Å². The summed E-state index contributed by atoms with van der Waals surface area (Å²) in [4.78, 5) is 11.6. The highest BCUT2D eigenvalue weighted by Crippen LogP contribution is 2.26. The maximum Gasteiger partial charge on any atom is 0.217 e. The molecule has 12 heteroatoms. The van der Waals surface area contributed by atoms with Crippen LogP contribution in [0.25, 0.3) is 0 Å². The molecular formula is C21H31NO11. The lowest BCUT2D eigenvalue weighted by atomic mass is 9.96. The average molecular weight is 473 g/mol. The normalized spacial score (nSPS) is 39.2. The highest BCUT2D eigenvalue weighted by Gasteiger charge is 2.48. The molecule has 0 radical (unpaired) electrons. The van der Waals surface area contributed by atoms with Gasteiger partial charge in [-0.2, -0.15) is 0 Å². The molecule has 7 N–H and O–H groups in total. The molecule has 10 atom stereocenters. The van der Waals surface area contributed by atoms with Gasteiger partial charge in [0.05, 0.1) is 19.8 Å². The number of nitrogens with one attached hydrogen (secondary N) is 1. The lowest BCUT2D eigenvalue weighted by molar-refractivity contribution is -0.322. The predicted octanol–water partition coefficient (Wildman–Crippen LogP) is -3.03. The van der Waals surface area contributed by atoms with Gasteiger partial charge in [0.15, 0.2) is 12.6 Å². The monoisotopic (exact) mass is 473 g/mol. The van der Waals surface area contributed by atoms with E-state index in [1.54, 1.807) is 0 Å². The van der Waals surface area contributed by atoms with E-state index in [1.165, 1.54) is 6.92 Å². The Morgan fingerprint density at radius 2 is 1.52 bits per heavy atom. The lowest BCUT2D eigenvalue weighted by Gasteiger charge is -2.44. The molecule has 0 aliphatic carbocycles. The number of rotatable bonds is 8. The second-order valence-electron chi connectivity index (χ2n) is 8.08. The minimum absolute atomic E-state index is 0.102. The van der Waals surface area contributed by atoms with Crippen LogP contribution in [0.15, 0.2) is 30.3 Å². The Hall–Kier alpha value is -1.71. The fourth-order valence-corrected chi connectivity index (χ4v) is 3.75. The van der Waals surface area contributed by atoms with Crippen molar-refractivity contribution in [2.75, 3.05) is 13.2 Å². The molecular weight excluding hydrogens is 442 g/mol. The van der Waals surface area contributed by atoms with Gasteiger partial charge >= 0.3 is 0 Å². The molecule has 0 spiro atoms. The van der Waals surface area contributed by atoms with Crippen LogP contribution in [0.4, 0.5) is 0 Å². The Morgan fingerprint density at radius 1 is 0.879 bits per heavy atom. The number of amides is 1. The molecule has 1 amide bonds. The maximum absolute atomic E-state index is 11.6. The van der Waals surface area contributed by atoms with Gasteiger partial charge in [-0.3, -0.25) is 4.79 Å². The summed E-state index contributed by atoms with van der Waals surface area (Å²) in [6, 6.07) is 8.06. The third-order valence-electron chi connectivity index (χ3n) is 5.60. The first-order valence-corrected chi connectivity index (χ1v) is 10.6. The Kier molecular flexibility index (Phi) is 9.12. The van der Waals surface area contributed by atoms with E-state index in [4.69, 9.17) is 18.9 Å². The summed E-state index contributed by atoms with van der Waals surface area (Å²) in [6.45, 7) is 0.325. The van der Waals surface area contributed by atoms with E-state index < -0.39 is 80.5 Å². The first-order valence-electron chi connectivity index (χ1n) is 10.6. The van der Waals surface area contributed by atoms with E-state index in [1.807, 2.05) is 30.3 Å². The van der Waals surface area contributed by atoms with Gasteiger partial charge in [0.2, 0.25) is 5.91 Å². The van der Waals surface area contributed by atoms with Crippen LogP contribution < -0.4 is 5.32 Å². The molecule has 1 aromatic carbocycles. The van der Waals surface area contributed by atoms with Crippen LogP contribution in [0.5, 0.6) is 0 Å². The van der Waals surface area contributed by atoms with Crippen LogP contribution in [0.2, 0.25) is 0 Å². The molecule has 0 saturated carbocycles. The standard InChI is InChI=1S/C21H31NO11/c1-10(24)22-14-17(27)16(26)13(33-20(14)30-8-11-5-3-2-4-6-11)9-31-21-19(29)18(28)15(25)12(7-23)32-21/h2-6,12-21,23,25-29H,7-9H2,1H3,(H,22,24)/t12-,13-,14-,15+,16-,17-,18+,19-,20+,21-/m1/s1. The first-order chi connectivity index (χ1) is 15.7. The van der Waals surface area contributed by atoms with Gasteiger partial charge in [0.1, 0.15) is 48.8 Å². The molecule has 2 saturated heterocycles. The van der Waals surface area contributed by atoms with E-state index >= 15 is 0 Å². The van der Waals surface area contributed by atoms with Crippen LogP contribution in [-0.4, -0.2) is 111 Å². The number of hydrogen-bond acceptors (Lipinski definition) is 11. The van der Waals surface area contributed by atoms with Gasteiger partial charge in [-0.15, -0.1) is 0 Å². The number of ether oxygens (including phenoxy) is 4. The number of aliphatic hydroxyl groups excluding tert-OH is 6. The predicted molar refractivity (Wildman–Crippen MR) is 109 cm³/mol. The molecule has 186 valence electrons. The van der Waals surface area contributed by atoms with Crippen molar-refractivity contribution in [1.29, 1.82) is 0 Å². The lowest BCUT2D eigenvalue weighted by Crippen LogP contribution is -2.65. The SMILES string of the molecule is CC(=O)N[C@H]1[C@@H](OCc2ccccc2)O[C@H](CO[C@@H]2O[C@H](CO)[C@H](O)[C@H](O)[C@H]2O)[C@@H](O)[C@@H]1O. The average Bonchev–Trinajstić information content (AvgIpc) is 2.81. The van der Waals surface area contributed by atoms with E-state index in [2.05, 4.69) is 5.32 Å². The van der Waals surface area contributed by atoms with E-state index in [0.29, 0.717) is 0 Å². The van der Waals surface area contributed by atoms with Gasteiger partial charge in [0.25, 0.3) is 0 Å². The van der Waals surface area contributed by atoms with Gasteiger partial charge in [0, 0.05) is 6.92 Å². The Balaban J connectivity index is 1.66. The van der Waals surface area contributed by atoms with Crippen molar-refractivity contribution in [3.05, 3.63) is 35.9 Å². The second kappa shape index (κ2) is 11.6. The summed E-state index contributed by atoms with van der Waals surface area (Å²) in [7, 11) is 0. The smallest absolute Gasteiger partial charge is 0.217 e. The number of carbonyl (C=O) groups excluding carboxylic acids is 1. The zero-order valence-corrected chi connectivity index (χ0v) is 18.0. The first kappa shape index (κ1) is 25.9. The van der Waals surface area contributed by atoms with Gasteiger partial charge in [-0.25, -0.2) is 0 Å². The second-order valence-corrected chi connectivity index (χ2v) is 8.08. The molecule has 12 nitrogen and oxygen atoms in total. The largest absolute Gasteiger partial charge is 0.394 e. The summed E-state index contributed by atoms with van der Waals surface area (Å²) in [6.07, 6.45) is -12.7. The van der Waals surface area contributed by atoms with E-state index in [9.17, 15) is 35.4 Å². The summed E-state index contributed by atoms with van der Waals surface area (Å²) in [5, 5.41) is 62.8.